The molecule has 0 spiro atoms. The molecule has 1 N–H and O–H groups in total. The molecule has 0 saturated heterocycles. The first-order valence-corrected chi connectivity index (χ1v) is 8.94. The molecule has 0 aliphatic rings. The number of carbonyl (C=O) groups is 1. The fourth-order valence-electron chi connectivity index (χ4n) is 3.03. The fourth-order valence-corrected chi connectivity index (χ4v) is 3.03. The van der Waals surface area contributed by atoms with Crippen LogP contribution < -0.4 is 10.1 Å². The minimum atomic E-state index is -0.273. The van der Waals surface area contributed by atoms with Crippen LogP contribution in [0.3, 0.4) is 0 Å². The normalized spacial score (nSPS) is 11.7. The number of methoxy groups -OCH3 is 1. The van der Waals surface area contributed by atoms with Crippen LogP contribution in [-0.2, 0) is 4.79 Å². The van der Waals surface area contributed by atoms with Crippen LogP contribution >= 0.6 is 0 Å². The highest BCUT2D eigenvalue weighted by Gasteiger charge is 2.09. The zero-order valence-corrected chi connectivity index (χ0v) is 15.8. The molecule has 1 aromatic carbocycles. The molecule has 0 aliphatic carbocycles. The molecule has 0 unspecified atom stereocenters. The van der Waals surface area contributed by atoms with Gasteiger partial charge in [-0.3, -0.25) is 4.79 Å². The highest BCUT2D eigenvalue weighted by Crippen LogP contribution is 2.29. The molecule has 7 heteroatoms. The lowest BCUT2D eigenvalue weighted by atomic mass is 10.2. The van der Waals surface area contributed by atoms with E-state index in [1.807, 2.05) is 48.9 Å². The van der Waals surface area contributed by atoms with Crippen LogP contribution in [-0.4, -0.2) is 27.8 Å². The third kappa shape index (κ3) is 3.34. The molecule has 3 heterocycles. The number of nitrogens with zero attached hydrogens (tertiary/aromatic N) is 3. The first-order valence-electron chi connectivity index (χ1n) is 8.94. The summed E-state index contributed by atoms with van der Waals surface area (Å²) in [5, 5.41) is 8.93. The van der Waals surface area contributed by atoms with Crippen molar-refractivity contribution in [2.75, 3.05) is 12.4 Å². The summed E-state index contributed by atoms with van der Waals surface area (Å²) in [7, 11) is 1.59. The van der Waals surface area contributed by atoms with Gasteiger partial charge in [0.2, 0.25) is 5.91 Å². The number of nitrogens with one attached hydrogen (secondary N) is 1. The lowest BCUT2D eigenvalue weighted by Gasteiger charge is -2.06. The van der Waals surface area contributed by atoms with Gasteiger partial charge in [0.1, 0.15) is 5.76 Å². The number of pyridine rings is 1. The molecule has 4 rings (SSSR count). The van der Waals surface area contributed by atoms with E-state index < -0.39 is 0 Å². The second kappa shape index (κ2) is 7.19. The second-order valence-electron chi connectivity index (χ2n) is 6.67. The number of benzene rings is 1. The van der Waals surface area contributed by atoms with Crippen molar-refractivity contribution < 1.29 is 13.9 Å². The second-order valence-corrected chi connectivity index (χ2v) is 6.67. The van der Waals surface area contributed by atoms with Gasteiger partial charge >= 0.3 is 0 Å². The minimum absolute atomic E-state index is 0.218. The Hall–Kier alpha value is -3.61. The van der Waals surface area contributed by atoms with Gasteiger partial charge in [-0.05, 0) is 38.1 Å². The monoisotopic (exact) mass is 376 g/mol. The summed E-state index contributed by atoms with van der Waals surface area (Å²) in [6.07, 6.45) is 6.42. The molecular weight excluding hydrogens is 356 g/mol. The number of hydrogen-bond donors (Lipinski definition) is 1. The van der Waals surface area contributed by atoms with Crippen LogP contribution in [0.25, 0.3) is 28.1 Å². The molecular formula is C21H20N4O3. The maximum atomic E-state index is 12.3. The highest BCUT2D eigenvalue weighted by molar-refractivity contribution is 6.02. The summed E-state index contributed by atoms with van der Waals surface area (Å²) < 4.78 is 12.9. The number of carbonyl (C=O) groups excluding carboxylic acids is 1. The van der Waals surface area contributed by atoms with E-state index in [1.165, 1.54) is 6.08 Å². The molecule has 0 aliphatic heterocycles. The van der Waals surface area contributed by atoms with Crippen LogP contribution in [0.4, 0.5) is 5.69 Å². The Kier molecular flexibility index (Phi) is 4.57. The summed E-state index contributed by atoms with van der Waals surface area (Å²) in [6.45, 7) is 4.09. The average molecular weight is 376 g/mol. The third-order valence-corrected chi connectivity index (χ3v) is 4.34. The minimum Gasteiger partial charge on any atom is -0.493 e. The predicted octanol–water partition coefficient (Wildman–Crippen LogP) is 4.42. The Balaban J connectivity index is 1.50. The molecule has 3 aromatic heterocycles. The number of hydrogen-bond acceptors (Lipinski definition) is 5. The van der Waals surface area contributed by atoms with Crippen molar-refractivity contribution in [2.45, 2.75) is 19.9 Å². The lowest BCUT2D eigenvalue weighted by Crippen LogP contribution is -2.08. The number of fused-ring (bicyclic) bond motifs is 2. The molecule has 0 radical (unpaired) electrons. The SMILES string of the molecule is COc1cccc2cc(C=CC(=O)Nc3cnc4c(cnn4C(C)C)c3)oc12. The number of aromatic nitrogens is 3. The van der Waals surface area contributed by atoms with Crippen LogP contribution in [0, 0.1) is 0 Å². The summed E-state index contributed by atoms with van der Waals surface area (Å²) >= 11 is 0. The fraction of sp³-hybridized carbons (Fsp3) is 0.190. The van der Waals surface area contributed by atoms with E-state index in [9.17, 15) is 4.79 Å². The number of amides is 1. The smallest absolute Gasteiger partial charge is 0.248 e. The van der Waals surface area contributed by atoms with Gasteiger partial charge in [0.25, 0.3) is 0 Å². The van der Waals surface area contributed by atoms with Crippen LogP contribution in [0.5, 0.6) is 5.75 Å². The van der Waals surface area contributed by atoms with Gasteiger partial charge in [0, 0.05) is 22.9 Å². The van der Waals surface area contributed by atoms with Gasteiger partial charge in [-0.25, -0.2) is 9.67 Å². The molecule has 7 nitrogen and oxygen atoms in total. The molecule has 28 heavy (non-hydrogen) atoms. The van der Waals surface area contributed by atoms with E-state index in [2.05, 4.69) is 15.4 Å². The van der Waals surface area contributed by atoms with Gasteiger partial charge in [-0.1, -0.05) is 12.1 Å². The van der Waals surface area contributed by atoms with Gasteiger partial charge < -0.3 is 14.5 Å². The van der Waals surface area contributed by atoms with Crippen molar-refractivity contribution >= 4 is 39.7 Å². The topological polar surface area (TPSA) is 82.2 Å². The maximum absolute atomic E-state index is 12.3. The van der Waals surface area contributed by atoms with Crippen LogP contribution in [0.1, 0.15) is 25.6 Å². The largest absolute Gasteiger partial charge is 0.493 e. The van der Waals surface area contributed by atoms with Crippen molar-refractivity contribution in [1.82, 2.24) is 14.8 Å². The highest BCUT2D eigenvalue weighted by atomic mass is 16.5. The Morgan fingerprint density at radius 3 is 2.89 bits per heavy atom. The van der Waals surface area contributed by atoms with Crippen molar-refractivity contribution in [2.24, 2.45) is 0 Å². The summed E-state index contributed by atoms with van der Waals surface area (Å²) in [4.78, 5) is 16.7. The standard InChI is InChI=1S/C21H20N4O3/c1-13(2)25-21-15(11-23-25)9-16(12-22-21)24-19(26)8-7-17-10-14-5-4-6-18(27-3)20(14)28-17/h4-13H,1-3H3,(H,24,26). The van der Waals surface area contributed by atoms with Gasteiger partial charge in [0.15, 0.2) is 17.0 Å². The zero-order valence-electron chi connectivity index (χ0n) is 15.8. The van der Waals surface area contributed by atoms with Crippen LogP contribution in [0.2, 0.25) is 0 Å². The van der Waals surface area contributed by atoms with Crippen molar-refractivity contribution in [3.63, 3.8) is 0 Å². The van der Waals surface area contributed by atoms with Crippen LogP contribution in [0.15, 0.2) is 53.2 Å². The molecule has 0 bridgehead atoms. The average Bonchev–Trinajstić information content (AvgIpc) is 3.29. The van der Waals surface area contributed by atoms with E-state index in [1.54, 1.807) is 25.6 Å². The molecule has 0 fully saturated rings. The van der Waals surface area contributed by atoms with E-state index in [4.69, 9.17) is 9.15 Å². The maximum Gasteiger partial charge on any atom is 0.248 e. The van der Waals surface area contributed by atoms with E-state index in [0.717, 1.165) is 16.4 Å². The number of anilines is 1. The van der Waals surface area contributed by atoms with E-state index >= 15 is 0 Å². The molecule has 0 saturated carbocycles. The van der Waals surface area contributed by atoms with Gasteiger partial charge in [0.05, 0.1) is 25.2 Å². The quantitative estimate of drug-likeness (QED) is 0.522. The molecule has 4 aromatic rings. The predicted molar refractivity (Wildman–Crippen MR) is 108 cm³/mol. The first kappa shape index (κ1) is 17.8. The Bertz CT molecular complexity index is 1190. The van der Waals surface area contributed by atoms with Gasteiger partial charge in [-0.2, -0.15) is 5.10 Å². The van der Waals surface area contributed by atoms with Crippen molar-refractivity contribution in [1.29, 1.82) is 0 Å². The molecule has 142 valence electrons. The Labute approximate surface area is 161 Å². The third-order valence-electron chi connectivity index (χ3n) is 4.34. The number of ether oxygens (including phenoxy) is 1. The summed E-state index contributed by atoms with van der Waals surface area (Å²) in [6, 6.07) is 9.58. The first-order chi connectivity index (χ1) is 13.5. The molecule has 1 amide bonds. The summed E-state index contributed by atoms with van der Waals surface area (Å²) in [5.74, 6) is 0.953. The lowest BCUT2D eigenvalue weighted by molar-refractivity contribution is -0.111. The van der Waals surface area contributed by atoms with E-state index in [0.29, 0.717) is 22.8 Å². The number of para-hydroxylation sites is 1. The zero-order chi connectivity index (χ0) is 19.7. The Morgan fingerprint density at radius 2 is 2.11 bits per heavy atom. The molecule has 0 atom stereocenters. The van der Waals surface area contributed by atoms with E-state index in [-0.39, 0.29) is 11.9 Å². The number of rotatable bonds is 5. The Morgan fingerprint density at radius 1 is 1.25 bits per heavy atom. The van der Waals surface area contributed by atoms with Gasteiger partial charge in [-0.15, -0.1) is 0 Å². The van der Waals surface area contributed by atoms with Crippen molar-refractivity contribution in [3.8, 4) is 5.75 Å². The summed E-state index contributed by atoms with van der Waals surface area (Å²) in [5.41, 5.74) is 2.05. The number of furan rings is 1. The van der Waals surface area contributed by atoms with Crippen molar-refractivity contribution in [3.05, 3.63) is 54.6 Å².